The van der Waals surface area contributed by atoms with E-state index in [4.69, 9.17) is 4.74 Å². The number of aromatic nitrogens is 2. The second kappa shape index (κ2) is 5.89. The van der Waals surface area contributed by atoms with Gasteiger partial charge in [0.1, 0.15) is 0 Å². The van der Waals surface area contributed by atoms with Crippen LogP contribution in [0, 0.1) is 11.8 Å². The number of hydrogen-bond donors (Lipinski definition) is 0. The number of hydrogen-bond acceptors (Lipinski definition) is 5. The molecule has 0 aromatic carbocycles. The Bertz CT molecular complexity index is 338. The predicted molar refractivity (Wildman–Crippen MR) is 59.8 cm³/mol. The van der Waals surface area contributed by atoms with Gasteiger partial charge in [-0.25, -0.2) is 0 Å². The molecular formula is C9H12N2OS2. The first-order valence-electron chi connectivity index (χ1n) is 4.25. The Morgan fingerprint density at radius 2 is 2.29 bits per heavy atom. The van der Waals surface area contributed by atoms with Gasteiger partial charge < -0.3 is 4.74 Å². The third-order valence-corrected chi connectivity index (χ3v) is 3.00. The summed E-state index contributed by atoms with van der Waals surface area (Å²) in [6.07, 6.45) is 0.149. The minimum Gasteiger partial charge on any atom is -0.466 e. The van der Waals surface area contributed by atoms with Crippen LogP contribution in [0.25, 0.3) is 0 Å². The maximum absolute atomic E-state index is 5.40. The number of nitrogens with zero attached hydrogens (tertiary/aromatic N) is 2. The van der Waals surface area contributed by atoms with E-state index in [0.29, 0.717) is 5.19 Å². The van der Waals surface area contributed by atoms with Crippen LogP contribution in [0.4, 0.5) is 0 Å². The topological polar surface area (TPSA) is 35.0 Å². The fourth-order valence-electron chi connectivity index (χ4n) is 0.675. The zero-order valence-electron chi connectivity index (χ0n) is 8.40. The molecule has 0 aliphatic heterocycles. The van der Waals surface area contributed by atoms with Gasteiger partial charge in [0.15, 0.2) is 4.34 Å². The second-order valence-corrected chi connectivity index (χ2v) is 4.88. The maximum atomic E-state index is 5.40. The molecule has 0 saturated carbocycles. The number of thioether (sulfide) groups is 1. The van der Waals surface area contributed by atoms with Gasteiger partial charge >= 0.3 is 0 Å². The highest BCUT2D eigenvalue weighted by Gasteiger charge is 2.06. The molecule has 0 bridgehead atoms. The summed E-state index contributed by atoms with van der Waals surface area (Å²) < 4.78 is 6.30. The fraction of sp³-hybridized carbons (Fsp3) is 0.556. The summed E-state index contributed by atoms with van der Waals surface area (Å²) in [6, 6.07) is 0. The van der Waals surface area contributed by atoms with Crippen LogP contribution in [0.3, 0.4) is 0 Å². The van der Waals surface area contributed by atoms with Crippen LogP contribution in [0.2, 0.25) is 0 Å². The Hall–Kier alpha value is -0.730. The molecule has 0 spiro atoms. The van der Waals surface area contributed by atoms with E-state index in [-0.39, 0.29) is 6.10 Å². The van der Waals surface area contributed by atoms with Gasteiger partial charge in [-0.1, -0.05) is 22.8 Å². The molecule has 1 aromatic heterocycles. The van der Waals surface area contributed by atoms with Crippen molar-refractivity contribution in [1.82, 2.24) is 10.2 Å². The third kappa shape index (κ3) is 3.99. The summed E-state index contributed by atoms with van der Waals surface area (Å²) in [6.45, 7) is 5.77. The van der Waals surface area contributed by atoms with Crippen LogP contribution in [0.15, 0.2) is 4.34 Å². The molecule has 1 rings (SSSR count). The first-order valence-corrected chi connectivity index (χ1v) is 6.05. The first kappa shape index (κ1) is 11.3. The van der Waals surface area contributed by atoms with Crippen molar-refractivity contribution in [3.63, 3.8) is 0 Å². The van der Waals surface area contributed by atoms with Crippen molar-refractivity contribution in [2.45, 2.75) is 31.2 Å². The van der Waals surface area contributed by atoms with Gasteiger partial charge in [-0.15, -0.1) is 11.0 Å². The van der Waals surface area contributed by atoms with Crippen molar-refractivity contribution in [1.29, 1.82) is 0 Å². The third-order valence-electron chi connectivity index (χ3n) is 1.17. The Morgan fingerprint density at radius 3 is 2.93 bits per heavy atom. The van der Waals surface area contributed by atoms with Crippen molar-refractivity contribution < 1.29 is 4.74 Å². The maximum Gasteiger partial charge on any atom is 0.295 e. The van der Waals surface area contributed by atoms with E-state index in [2.05, 4.69) is 22.0 Å². The van der Waals surface area contributed by atoms with E-state index in [9.17, 15) is 0 Å². The lowest BCUT2D eigenvalue weighted by Gasteiger charge is -2.02. The minimum atomic E-state index is 0.149. The van der Waals surface area contributed by atoms with Crippen LogP contribution in [0.1, 0.15) is 20.8 Å². The summed E-state index contributed by atoms with van der Waals surface area (Å²) in [5.74, 6) is 6.55. The molecule has 0 unspecified atom stereocenters. The Morgan fingerprint density at radius 1 is 1.50 bits per heavy atom. The summed E-state index contributed by atoms with van der Waals surface area (Å²) in [5.41, 5.74) is 0. The molecule has 0 N–H and O–H groups in total. The molecule has 1 heterocycles. The van der Waals surface area contributed by atoms with Crippen molar-refractivity contribution in [2.24, 2.45) is 0 Å². The molecule has 5 heteroatoms. The highest BCUT2D eigenvalue weighted by molar-refractivity contribution is 8.01. The monoisotopic (exact) mass is 228 g/mol. The fourth-order valence-corrected chi connectivity index (χ4v) is 2.29. The Labute approximate surface area is 92.3 Å². The normalized spacial score (nSPS) is 9.71. The average Bonchev–Trinajstić information content (AvgIpc) is 2.52. The molecule has 3 nitrogen and oxygen atoms in total. The highest BCUT2D eigenvalue weighted by atomic mass is 32.2. The minimum absolute atomic E-state index is 0.149. The molecule has 0 amide bonds. The first-order chi connectivity index (χ1) is 6.72. The van der Waals surface area contributed by atoms with Gasteiger partial charge in [0, 0.05) is 0 Å². The van der Waals surface area contributed by atoms with Gasteiger partial charge in [0.05, 0.1) is 11.9 Å². The van der Waals surface area contributed by atoms with E-state index in [1.165, 1.54) is 11.3 Å². The van der Waals surface area contributed by atoms with Gasteiger partial charge in [0.25, 0.3) is 5.19 Å². The van der Waals surface area contributed by atoms with Gasteiger partial charge in [0.2, 0.25) is 0 Å². The molecule has 0 radical (unpaired) electrons. The lowest BCUT2D eigenvalue weighted by Crippen LogP contribution is -2.04. The van der Waals surface area contributed by atoms with Gasteiger partial charge in [-0.2, -0.15) is 0 Å². The van der Waals surface area contributed by atoms with E-state index < -0.39 is 0 Å². The SMILES string of the molecule is CC#CCSc1nnc(OC(C)C)s1. The molecule has 0 aliphatic rings. The second-order valence-electron chi connectivity index (χ2n) is 2.72. The van der Waals surface area contributed by atoms with Crippen molar-refractivity contribution in [3.05, 3.63) is 0 Å². The number of rotatable bonds is 4. The van der Waals surface area contributed by atoms with E-state index in [1.54, 1.807) is 11.8 Å². The average molecular weight is 228 g/mol. The largest absolute Gasteiger partial charge is 0.466 e. The molecule has 0 aliphatic carbocycles. The van der Waals surface area contributed by atoms with E-state index >= 15 is 0 Å². The molecule has 0 saturated heterocycles. The molecular weight excluding hydrogens is 216 g/mol. The predicted octanol–water partition coefficient (Wildman–Crippen LogP) is 2.44. The Kier molecular flexibility index (Phi) is 4.77. The van der Waals surface area contributed by atoms with E-state index in [1.807, 2.05) is 20.8 Å². The number of ether oxygens (including phenoxy) is 1. The molecule has 1 aromatic rings. The van der Waals surface area contributed by atoms with Crippen molar-refractivity contribution in [3.8, 4) is 17.0 Å². The highest BCUT2D eigenvalue weighted by Crippen LogP contribution is 2.27. The van der Waals surface area contributed by atoms with Gasteiger partial charge in [-0.05, 0) is 32.1 Å². The summed E-state index contributed by atoms with van der Waals surface area (Å²) in [4.78, 5) is 0. The summed E-state index contributed by atoms with van der Waals surface area (Å²) >= 11 is 3.05. The lowest BCUT2D eigenvalue weighted by molar-refractivity contribution is 0.239. The van der Waals surface area contributed by atoms with Gasteiger partial charge in [-0.3, -0.25) is 0 Å². The van der Waals surface area contributed by atoms with Crippen LogP contribution < -0.4 is 4.74 Å². The van der Waals surface area contributed by atoms with Crippen molar-refractivity contribution >= 4 is 23.1 Å². The van der Waals surface area contributed by atoms with Crippen LogP contribution in [0.5, 0.6) is 5.19 Å². The standard InChI is InChI=1S/C9H12N2OS2/c1-4-5-6-13-9-11-10-8(14-9)12-7(2)3/h7H,6H2,1-3H3. The molecule has 0 atom stereocenters. The lowest BCUT2D eigenvalue weighted by atomic mass is 10.5. The zero-order valence-corrected chi connectivity index (χ0v) is 10.0. The molecule has 14 heavy (non-hydrogen) atoms. The van der Waals surface area contributed by atoms with Crippen LogP contribution >= 0.6 is 23.1 Å². The van der Waals surface area contributed by atoms with Crippen LogP contribution in [-0.4, -0.2) is 22.1 Å². The smallest absolute Gasteiger partial charge is 0.295 e. The quantitative estimate of drug-likeness (QED) is 0.585. The summed E-state index contributed by atoms with van der Waals surface area (Å²) in [7, 11) is 0. The van der Waals surface area contributed by atoms with Crippen molar-refractivity contribution in [2.75, 3.05) is 5.75 Å². The summed E-state index contributed by atoms with van der Waals surface area (Å²) in [5, 5.41) is 8.52. The van der Waals surface area contributed by atoms with E-state index in [0.717, 1.165) is 10.1 Å². The zero-order chi connectivity index (χ0) is 10.4. The molecule has 76 valence electrons. The Balaban J connectivity index is 2.45. The molecule has 0 fully saturated rings. The van der Waals surface area contributed by atoms with Crippen LogP contribution in [-0.2, 0) is 0 Å².